The molecule has 0 aliphatic rings. The largest absolute Gasteiger partial charge is 0.252 e. The third kappa shape index (κ3) is 3.60. The summed E-state index contributed by atoms with van der Waals surface area (Å²) in [4.78, 5) is 8.50. The van der Waals surface area contributed by atoms with Crippen LogP contribution in [0.4, 0.5) is 0 Å². The van der Waals surface area contributed by atoms with E-state index in [9.17, 15) is 8.42 Å². The molecular formula is C16H19N5O2S. The van der Waals surface area contributed by atoms with Gasteiger partial charge in [-0.2, -0.15) is 10.1 Å². The summed E-state index contributed by atoms with van der Waals surface area (Å²) < 4.78 is 29.0. The van der Waals surface area contributed by atoms with E-state index in [1.807, 2.05) is 19.2 Å². The Balaban J connectivity index is 1.59. The second-order valence-electron chi connectivity index (χ2n) is 5.74. The minimum absolute atomic E-state index is 0.332. The van der Waals surface area contributed by atoms with Crippen molar-refractivity contribution < 1.29 is 8.42 Å². The molecule has 2 heterocycles. The number of hydrogen-bond acceptors (Lipinski definition) is 5. The van der Waals surface area contributed by atoms with E-state index in [1.54, 1.807) is 29.8 Å². The predicted octanol–water partition coefficient (Wildman–Crippen LogP) is 1.65. The van der Waals surface area contributed by atoms with Crippen LogP contribution in [-0.4, -0.2) is 34.5 Å². The zero-order valence-corrected chi connectivity index (χ0v) is 14.4. The number of rotatable bonds is 6. The minimum atomic E-state index is -3.48. The molecule has 0 fully saturated rings. The summed E-state index contributed by atoms with van der Waals surface area (Å²) in [6.07, 6.45) is 6.42. The van der Waals surface area contributed by atoms with Gasteiger partial charge in [0.1, 0.15) is 6.33 Å². The number of fused-ring (bicyclic) bond motifs is 1. The van der Waals surface area contributed by atoms with Gasteiger partial charge in [0.15, 0.2) is 0 Å². The van der Waals surface area contributed by atoms with Crippen molar-refractivity contribution >= 4 is 15.8 Å². The van der Waals surface area contributed by atoms with Gasteiger partial charge >= 0.3 is 0 Å². The van der Waals surface area contributed by atoms with Gasteiger partial charge in [-0.3, -0.25) is 0 Å². The second kappa shape index (κ2) is 6.66. The van der Waals surface area contributed by atoms with Crippen LogP contribution >= 0.6 is 0 Å². The molecular weight excluding hydrogens is 326 g/mol. The lowest BCUT2D eigenvalue weighted by molar-refractivity contribution is 0.578. The summed E-state index contributed by atoms with van der Waals surface area (Å²) in [5, 5.41) is 4.03. The molecule has 0 unspecified atom stereocenters. The molecule has 0 amide bonds. The van der Waals surface area contributed by atoms with Gasteiger partial charge in [-0.1, -0.05) is 17.7 Å². The SMILES string of the molecule is Cc1ccc(S(=O)(=O)NCCCc2cnc3ncnn3c2)c(C)c1. The van der Waals surface area contributed by atoms with Crippen molar-refractivity contribution in [2.45, 2.75) is 31.6 Å². The summed E-state index contributed by atoms with van der Waals surface area (Å²) in [5.41, 5.74) is 2.78. The highest BCUT2D eigenvalue weighted by atomic mass is 32.2. The number of hydrogen-bond donors (Lipinski definition) is 1. The zero-order valence-electron chi connectivity index (χ0n) is 13.6. The fraction of sp³-hybridized carbons (Fsp3) is 0.312. The monoisotopic (exact) mass is 345 g/mol. The van der Waals surface area contributed by atoms with Gasteiger partial charge in [-0.05, 0) is 43.9 Å². The van der Waals surface area contributed by atoms with Crippen molar-refractivity contribution in [3.05, 3.63) is 53.6 Å². The predicted molar refractivity (Wildman–Crippen MR) is 90.2 cm³/mol. The van der Waals surface area contributed by atoms with E-state index >= 15 is 0 Å². The van der Waals surface area contributed by atoms with E-state index < -0.39 is 10.0 Å². The van der Waals surface area contributed by atoms with Crippen LogP contribution in [0.15, 0.2) is 41.8 Å². The highest BCUT2D eigenvalue weighted by molar-refractivity contribution is 7.89. The van der Waals surface area contributed by atoms with E-state index in [-0.39, 0.29) is 0 Å². The molecule has 126 valence electrons. The van der Waals surface area contributed by atoms with Crippen molar-refractivity contribution in [1.29, 1.82) is 0 Å². The summed E-state index contributed by atoms with van der Waals surface area (Å²) in [6, 6.07) is 5.32. The van der Waals surface area contributed by atoms with Gasteiger partial charge in [0.25, 0.3) is 5.78 Å². The second-order valence-corrected chi connectivity index (χ2v) is 7.47. The summed E-state index contributed by atoms with van der Waals surface area (Å²) in [7, 11) is -3.48. The summed E-state index contributed by atoms with van der Waals surface area (Å²) in [5.74, 6) is 0.550. The fourth-order valence-electron chi connectivity index (χ4n) is 2.57. The van der Waals surface area contributed by atoms with Crippen molar-refractivity contribution in [2.24, 2.45) is 0 Å². The highest BCUT2D eigenvalue weighted by Crippen LogP contribution is 2.16. The maximum absolute atomic E-state index is 12.4. The fourth-order valence-corrected chi connectivity index (χ4v) is 3.86. The van der Waals surface area contributed by atoms with Crippen LogP contribution in [-0.2, 0) is 16.4 Å². The Bertz CT molecular complexity index is 966. The van der Waals surface area contributed by atoms with E-state index in [1.165, 1.54) is 6.33 Å². The molecule has 1 aromatic carbocycles. The first-order chi connectivity index (χ1) is 11.5. The molecule has 8 heteroatoms. The van der Waals surface area contributed by atoms with Crippen LogP contribution < -0.4 is 4.72 Å². The maximum atomic E-state index is 12.4. The standard InChI is InChI=1S/C16H19N5O2S/c1-12-5-6-15(13(2)8-12)24(22,23)20-7-3-4-14-9-17-16-18-11-19-21(16)10-14/h5-6,8-11,20H,3-4,7H2,1-2H3. The third-order valence-electron chi connectivity index (χ3n) is 3.74. The Labute approximate surface area is 140 Å². The quantitative estimate of drug-likeness (QED) is 0.686. The van der Waals surface area contributed by atoms with Crippen LogP contribution in [0.5, 0.6) is 0 Å². The maximum Gasteiger partial charge on any atom is 0.252 e. The number of aromatic nitrogens is 4. The first-order valence-corrected chi connectivity index (χ1v) is 9.15. The Kier molecular flexibility index (Phi) is 4.59. The number of benzene rings is 1. The van der Waals surface area contributed by atoms with Gasteiger partial charge in [0.2, 0.25) is 10.0 Å². The van der Waals surface area contributed by atoms with Gasteiger partial charge in [-0.15, -0.1) is 0 Å². The normalized spacial score (nSPS) is 11.9. The van der Waals surface area contributed by atoms with Crippen LogP contribution in [0.2, 0.25) is 0 Å². The molecule has 0 spiro atoms. The van der Waals surface area contributed by atoms with Crippen LogP contribution in [0, 0.1) is 13.8 Å². The molecule has 3 aromatic rings. The molecule has 7 nitrogen and oxygen atoms in total. The first-order valence-electron chi connectivity index (χ1n) is 7.67. The smallest absolute Gasteiger partial charge is 0.219 e. The zero-order chi connectivity index (χ0) is 17.2. The van der Waals surface area contributed by atoms with Crippen molar-refractivity contribution in [3.63, 3.8) is 0 Å². The van der Waals surface area contributed by atoms with E-state index in [2.05, 4.69) is 19.8 Å². The van der Waals surface area contributed by atoms with Gasteiger partial charge in [0.05, 0.1) is 4.90 Å². The average Bonchev–Trinajstić information content (AvgIpc) is 2.99. The van der Waals surface area contributed by atoms with Crippen molar-refractivity contribution in [3.8, 4) is 0 Å². The molecule has 0 aliphatic heterocycles. The topological polar surface area (TPSA) is 89.2 Å². The van der Waals surface area contributed by atoms with Crippen LogP contribution in [0.25, 0.3) is 5.78 Å². The number of aryl methyl sites for hydroxylation is 3. The van der Waals surface area contributed by atoms with E-state index in [0.29, 0.717) is 30.1 Å². The lowest BCUT2D eigenvalue weighted by Crippen LogP contribution is -2.25. The Morgan fingerprint density at radius 1 is 1.21 bits per heavy atom. The molecule has 0 atom stereocenters. The van der Waals surface area contributed by atoms with Crippen molar-refractivity contribution in [2.75, 3.05) is 6.54 Å². The Morgan fingerprint density at radius 2 is 2.04 bits per heavy atom. The van der Waals surface area contributed by atoms with Crippen LogP contribution in [0.1, 0.15) is 23.1 Å². The molecule has 24 heavy (non-hydrogen) atoms. The van der Waals surface area contributed by atoms with Gasteiger partial charge in [-0.25, -0.2) is 22.6 Å². The third-order valence-corrected chi connectivity index (χ3v) is 5.36. The first kappa shape index (κ1) is 16.5. The number of nitrogens with one attached hydrogen (secondary N) is 1. The lowest BCUT2D eigenvalue weighted by atomic mass is 10.2. The Hall–Kier alpha value is -2.32. The van der Waals surface area contributed by atoms with E-state index in [4.69, 9.17) is 0 Å². The molecule has 2 aromatic heterocycles. The molecule has 0 aliphatic carbocycles. The van der Waals surface area contributed by atoms with E-state index in [0.717, 1.165) is 16.7 Å². The minimum Gasteiger partial charge on any atom is -0.219 e. The van der Waals surface area contributed by atoms with Crippen LogP contribution in [0.3, 0.4) is 0 Å². The summed E-state index contributed by atoms with van der Waals surface area (Å²) in [6.45, 7) is 4.11. The molecule has 0 radical (unpaired) electrons. The Morgan fingerprint density at radius 3 is 2.83 bits per heavy atom. The number of sulfonamides is 1. The van der Waals surface area contributed by atoms with Crippen molar-refractivity contribution in [1.82, 2.24) is 24.3 Å². The molecule has 3 rings (SSSR count). The molecule has 1 N–H and O–H groups in total. The molecule has 0 bridgehead atoms. The van der Waals surface area contributed by atoms with Gasteiger partial charge < -0.3 is 0 Å². The summed E-state index contributed by atoms with van der Waals surface area (Å²) >= 11 is 0. The number of nitrogens with zero attached hydrogens (tertiary/aromatic N) is 4. The average molecular weight is 345 g/mol. The highest BCUT2D eigenvalue weighted by Gasteiger charge is 2.15. The van der Waals surface area contributed by atoms with Gasteiger partial charge in [0, 0.05) is 18.9 Å². The lowest BCUT2D eigenvalue weighted by Gasteiger charge is -2.10. The molecule has 0 saturated carbocycles. The molecule has 0 saturated heterocycles.